The third-order valence-corrected chi connectivity index (χ3v) is 1.73. The zero-order chi connectivity index (χ0) is 10.6. The monoisotopic (exact) mass is 191 g/mol. The average Bonchev–Trinajstić information content (AvgIpc) is 2.18. The summed E-state index contributed by atoms with van der Waals surface area (Å²) in [5, 5.41) is 8.77. The molecule has 0 aromatic carbocycles. The van der Waals surface area contributed by atoms with Crippen LogP contribution < -0.4 is 5.73 Å². The molecule has 0 radical (unpaired) electrons. The third kappa shape index (κ3) is 1.98. The molecule has 1 aromatic heterocycles. The van der Waals surface area contributed by atoms with Gasteiger partial charge in [-0.05, 0) is 0 Å². The molecule has 0 unspecified atom stereocenters. The van der Waals surface area contributed by atoms with Crippen LogP contribution in [-0.2, 0) is 16.0 Å². The Bertz CT molecular complexity index is 396. The van der Waals surface area contributed by atoms with Crippen LogP contribution in [0.4, 0.5) is 5.69 Å². The second-order valence-corrected chi connectivity index (χ2v) is 2.63. The van der Waals surface area contributed by atoms with E-state index in [-0.39, 0.29) is 17.7 Å². The van der Waals surface area contributed by atoms with Gasteiger partial charge in [0.2, 0.25) is 0 Å². The summed E-state index contributed by atoms with van der Waals surface area (Å²) in [5.74, 6) is -0.422. The van der Waals surface area contributed by atoms with Gasteiger partial charge in [0, 0.05) is 11.8 Å². The highest BCUT2D eigenvalue weighted by atomic mass is 16.5. The molecule has 0 atom stereocenters. The van der Waals surface area contributed by atoms with E-state index in [4.69, 9.17) is 11.0 Å². The Balaban J connectivity index is 3.04. The number of aromatic nitrogens is 1. The van der Waals surface area contributed by atoms with E-state index in [1.165, 1.54) is 19.5 Å². The number of ether oxygens (including phenoxy) is 1. The number of anilines is 1. The molecule has 2 N–H and O–H groups in total. The van der Waals surface area contributed by atoms with Gasteiger partial charge in [-0.15, -0.1) is 0 Å². The SMILES string of the molecule is COC(=O)Cc1cncc(N)c1C#N. The Kier molecular flexibility index (Phi) is 3.02. The molecule has 5 nitrogen and oxygen atoms in total. The molecule has 0 aliphatic carbocycles. The molecule has 0 amide bonds. The number of nitriles is 1. The molecule has 0 saturated heterocycles. The molecule has 0 aliphatic rings. The molecular weight excluding hydrogens is 182 g/mol. The summed E-state index contributed by atoms with van der Waals surface area (Å²) in [7, 11) is 1.29. The Morgan fingerprint density at radius 3 is 3.00 bits per heavy atom. The van der Waals surface area contributed by atoms with Crippen molar-refractivity contribution in [2.75, 3.05) is 12.8 Å². The fraction of sp³-hybridized carbons (Fsp3) is 0.222. The molecule has 1 aromatic rings. The first-order chi connectivity index (χ1) is 6.69. The van der Waals surface area contributed by atoms with Crippen LogP contribution in [0.25, 0.3) is 0 Å². The normalized spacial score (nSPS) is 9.14. The molecule has 5 heteroatoms. The van der Waals surface area contributed by atoms with Crippen molar-refractivity contribution in [3.8, 4) is 6.07 Å². The smallest absolute Gasteiger partial charge is 0.310 e. The van der Waals surface area contributed by atoms with E-state index >= 15 is 0 Å². The fourth-order valence-electron chi connectivity index (χ4n) is 1.02. The summed E-state index contributed by atoms with van der Waals surface area (Å²) in [6, 6.07) is 1.92. The predicted octanol–water partition coefficient (Wildman–Crippen LogP) is 0.251. The van der Waals surface area contributed by atoms with E-state index in [1.807, 2.05) is 6.07 Å². The van der Waals surface area contributed by atoms with Crippen LogP contribution in [0.3, 0.4) is 0 Å². The zero-order valence-corrected chi connectivity index (χ0v) is 7.65. The van der Waals surface area contributed by atoms with Crippen LogP contribution in [0.15, 0.2) is 12.4 Å². The number of carbonyl (C=O) groups excluding carboxylic acids is 1. The minimum absolute atomic E-state index is 0.0113. The highest BCUT2D eigenvalue weighted by Gasteiger charge is 2.10. The van der Waals surface area contributed by atoms with Crippen LogP contribution in [0.5, 0.6) is 0 Å². The summed E-state index contributed by atoms with van der Waals surface area (Å²) in [5.41, 5.74) is 6.55. The maximum atomic E-state index is 11.0. The first-order valence-corrected chi connectivity index (χ1v) is 3.88. The van der Waals surface area contributed by atoms with Crippen molar-refractivity contribution in [1.82, 2.24) is 4.98 Å². The quantitative estimate of drug-likeness (QED) is 0.677. The lowest BCUT2D eigenvalue weighted by Crippen LogP contribution is -2.07. The lowest BCUT2D eigenvalue weighted by molar-refractivity contribution is -0.139. The summed E-state index contributed by atoms with van der Waals surface area (Å²) in [6.45, 7) is 0. The second-order valence-electron chi connectivity index (χ2n) is 2.63. The second kappa shape index (κ2) is 4.23. The van der Waals surface area contributed by atoms with Crippen LogP contribution in [0.2, 0.25) is 0 Å². The fourth-order valence-corrected chi connectivity index (χ4v) is 1.02. The van der Waals surface area contributed by atoms with Gasteiger partial charge in [-0.3, -0.25) is 9.78 Å². The number of hydrogen-bond donors (Lipinski definition) is 1. The topological polar surface area (TPSA) is 89.0 Å². The van der Waals surface area contributed by atoms with Gasteiger partial charge in [0.15, 0.2) is 0 Å². The van der Waals surface area contributed by atoms with E-state index in [9.17, 15) is 4.79 Å². The van der Waals surface area contributed by atoms with Crippen molar-refractivity contribution in [3.05, 3.63) is 23.5 Å². The van der Waals surface area contributed by atoms with Crippen molar-refractivity contribution in [1.29, 1.82) is 5.26 Å². The zero-order valence-electron chi connectivity index (χ0n) is 7.65. The van der Waals surface area contributed by atoms with Crippen molar-refractivity contribution < 1.29 is 9.53 Å². The van der Waals surface area contributed by atoms with Crippen molar-refractivity contribution >= 4 is 11.7 Å². The van der Waals surface area contributed by atoms with Gasteiger partial charge in [-0.1, -0.05) is 0 Å². The molecule has 0 spiro atoms. The number of hydrogen-bond acceptors (Lipinski definition) is 5. The van der Waals surface area contributed by atoms with Crippen LogP contribution in [0, 0.1) is 11.3 Å². The summed E-state index contributed by atoms with van der Waals surface area (Å²) in [6.07, 6.45) is 2.82. The number of rotatable bonds is 2. The largest absolute Gasteiger partial charge is 0.469 e. The number of esters is 1. The van der Waals surface area contributed by atoms with E-state index < -0.39 is 5.97 Å². The van der Waals surface area contributed by atoms with E-state index in [0.717, 1.165) is 0 Å². The molecule has 72 valence electrons. The van der Waals surface area contributed by atoms with Crippen LogP contribution in [0.1, 0.15) is 11.1 Å². The number of carbonyl (C=O) groups is 1. The average molecular weight is 191 g/mol. The lowest BCUT2D eigenvalue weighted by atomic mass is 10.1. The molecule has 1 heterocycles. The number of nitrogen functional groups attached to an aromatic ring is 1. The van der Waals surface area contributed by atoms with Gasteiger partial charge in [-0.25, -0.2) is 0 Å². The molecule has 0 saturated carbocycles. The Hall–Kier alpha value is -2.09. The Morgan fingerprint density at radius 2 is 2.43 bits per heavy atom. The van der Waals surface area contributed by atoms with Crippen LogP contribution >= 0.6 is 0 Å². The number of nitrogens with zero attached hydrogens (tertiary/aromatic N) is 2. The summed E-state index contributed by atoms with van der Waals surface area (Å²) < 4.78 is 4.48. The summed E-state index contributed by atoms with van der Waals surface area (Å²) in [4.78, 5) is 14.8. The standard InChI is InChI=1S/C9H9N3O2/c1-14-9(13)2-6-4-12-5-8(11)7(6)3-10/h4-5H,2,11H2,1H3. The Morgan fingerprint density at radius 1 is 1.71 bits per heavy atom. The van der Waals surface area contributed by atoms with Gasteiger partial charge >= 0.3 is 5.97 Å². The van der Waals surface area contributed by atoms with Crippen molar-refractivity contribution in [3.63, 3.8) is 0 Å². The highest BCUT2D eigenvalue weighted by Crippen LogP contribution is 2.14. The molecule has 14 heavy (non-hydrogen) atoms. The maximum Gasteiger partial charge on any atom is 0.310 e. The van der Waals surface area contributed by atoms with Gasteiger partial charge in [0.05, 0.1) is 31.0 Å². The maximum absolute atomic E-state index is 11.0. The number of nitrogens with two attached hydrogens (primary N) is 1. The van der Waals surface area contributed by atoms with E-state index in [2.05, 4.69) is 9.72 Å². The molecule has 0 bridgehead atoms. The van der Waals surface area contributed by atoms with Gasteiger partial charge in [0.25, 0.3) is 0 Å². The molecule has 1 rings (SSSR count). The van der Waals surface area contributed by atoms with Crippen LogP contribution in [-0.4, -0.2) is 18.1 Å². The summed E-state index contributed by atoms with van der Waals surface area (Å²) >= 11 is 0. The number of pyridine rings is 1. The highest BCUT2D eigenvalue weighted by molar-refractivity contribution is 5.74. The minimum atomic E-state index is -0.422. The molecular formula is C9H9N3O2. The lowest BCUT2D eigenvalue weighted by Gasteiger charge is -2.03. The Labute approximate surface area is 81.1 Å². The van der Waals surface area contributed by atoms with Crippen molar-refractivity contribution in [2.24, 2.45) is 0 Å². The van der Waals surface area contributed by atoms with E-state index in [1.54, 1.807) is 0 Å². The minimum Gasteiger partial charge on any atom is -0.469 e. The first-order valence-electron chi connectivity index (χ1n) is 3.88. The number of methoxy groups -OCH3 is 1. The third-order valence-electron chi connectivity index (χ3n) is 1.73. The van der Waals surface area contributed by atoms with Crippen molar-refractivity contribution in [2.45, 2.75) is 6.42 Å². The van der Waals surface area contributed by atoms with Gasteiger partial charge < -0.3 is 10.5 Å². The van der Waals surface area contributed by atoms with Gasteiger partial charge in [-0.2, -0.15) is 5.26 Å². The van der Waals surface area contributed by atoms with Gasteiger partial charge in [0.1, 0.15) is 6.07 Å². The van der Waals surface area contributed by atoms with E-state index in [0.29, 0.717) is 5.56 Å². The predicted molar refractivity (Wildman–Crippen MR) is 49.1 cm³/mol. The first kappa shape index (κ1) is 9.99. The molecule has 0 fully saturated rings. The molecule has 0 aliphatic heterocycles.